The fraction of sp³-hybridized carbons (Fsp3) is 0.0588. The van der Waals surface area contributed by atoms with Gasteiger partial charge in [0.1, 0.15) is 5.69 Å². The van der Waals surface area contributed by atoms with Crippen molar-refractivity contribution in [2.45, 2.75) is 6.92 Å². The van der Waals surface area contributed by atoms with E-state index in [4.69, 9.17) is 11.6 Å². The van der Waals surface area contributed by atoms with E-state index in [1.54, 1.807) is 17.1 Å². The molecule has 4 rings (SSSR count). The summed E-state index contributed by atoms with van der Waals surface area (Å²) in [5.74, 6) is 1.19. The first kappa shape index (κ1) is 16.0. The highest BCUT2D eigenvalue weighted by Gasteiger charge is 2.15. The van der Waals surface area contributed by atoms with E-state index in [0.29, 0.717) is 22.4 Å². The van der Waals surface area contributed by atoms with Crippen LogP contribution in [0, 0.1) is 6.92 Å². The Bertz CT molecular complexity index is 1080. The summed E-state index contributed by atoms with van der Waals surface area (Å²) < 4.78 is 4.53. The molecule has 3 heterocycles. The van der Waals surface area contributed by atoms with Crippen molar-refractivity contribution >= 4 is 44.5 Å². The van der Waals surface area contributed by atoms with Crippen molar-refractivity contribution in [1.82, 2.24) is 24.7 Å². The molecule has 0 saturated carbocycles. The molecule has 0 aliphatic rings. The Morgan fingerprint density at radius 3 is 2.84 bits per heavy atom. The number of aromatic nitrogens is 5. The fourth-order valence-electron chi connectivity index (χ4n) is 2.61. The van der Waals surface area contributed by atoms with Crippen LogP contribution in [0.15, 0.2) is 48.9 Å². The predicted octanol–water partition coefficient (Wildman–Crippen LogP) is 4.56. The molecule has 6 nitrogen and oxygen atoms in total. The molecular weight excluding hydrogens is 404 g/mol. The van der Waals surface area contributed by atoms with Crippen LogP contribution in [0.1, 0.15) is 5.69 Å². The van der Waals surface area contributed by atoms with E-state index in [1.165, 1.54) is 0 Å². The first-order valence-electron chi connectivity index (χ1n) is 7.46. The quantitative estimate of drug-likeness (QED) is 0.497. The summed E-state index contributed by atoms with van der Waals surface area (Å²) in [4.78, 5) is 13.5. The zero-order valence-corrected chi connectivity index (χ0v) is 15.5. The van der Waals surface area contributed by atoms with Crippen LogP contribution in [-0.4, -0.2) is 24.7 Å². The van der Waals surface area contributed by atoms with Crippen molar-refractivity contribution < 1.29 is 0 Å². The molecule has 25 heavy (non-hydrogen) atoms. The Morgan fingerprint density at radius 2 is 2.08 bits per heavy atom. The van der Waals surface area contributed by atoms with Gasteiger partial charge >= 0.3 is 0 Å². The largest absolute Gasteiger partial charge is 0.306 e. The SMILES string of the molecule is Cc1ccn(-c2nc(NBr)cnc2-c2cc(Cl)c3ncccc3c2)n1. The van der Waals surface area contributed by atoms with Gasteiger partial charge in [0.15, 0.2) is 11.6 Å². The molecule has 0 aliphatic heterocycles. The Kier molecular flexibility index (Phi) is 4.10. The van der Waals surface area contributed by atoms with Gasteiger partial charge in [-0.15, -0.1) is 0 Å². The highest BCUT2D eigenvalue weighted by Crippen LogP contribution is 2.31. The number of benzene rings is 1. The van der Waals surface area contributed by atoms with Crippen molar-refractivity contribution in [1.29, 1.82) is 0 Å². The number of hydrogen-bond acceptors (Lipinski definition) is 5. The maximum atomic E-state index is 6.42. The van der Waals surface area contributed by atoms with Crippen LogP contribution in [0.25, 0.3) is 28.0 Å². The Hall–Kier alpha value is -2.51. The molecule has 0 radical (unpaired) electrons. The average Bonchev–Trinajstić information content (AvgIpc) is 3.07. The first-order chi connectivity index (χ1) is 12.2. The van der Waals surface area contributed by atoms with E-state index in [1.807, 2.05) is 43.5 Å². The van der Waals surface area contributed by atoms with Crippen molar-refractivity contribution in [3.05, 3.63) is 59.6 Å². The summed E-state index contributed by atoms with van der Waals surface area (Å²) in [7, 11) is 0. The molecule has 8 heteroatoms. The third-order valence-corrected chi connectivity index (χ3v) is 4.42. The lowest BCUT2D eigenvalue weighted by molar-refractivity contribution is 0.829. The average molecular weight is 416 g/mol. The molecule has 0 amide bonds. The first-order valence-corrected chi connectivity index (χ1v) is 8.64. The molecule has 1 aromatic carbocycles. The molecule has 0 saturated heterocycles. The van der Waals surface area contributed by atoms with Crippen LogP contribution in [0.2, 0.25) is 5.02 Å². The summed E-state index contributed by atoms with van der Waals surface area (Å²) in [5.41, 5.74) is 3.19. The number of nitrogens with zero attached hydrogens (tertiary/aromatic N) is 5. The highest BCUT2D eigenvalue weighted by molar-refractivity contribution is 9.10. The number of pyridine rings is 1. The molecule has 0 unspecified atom stereocenters. The van der Waals surface area contributed by atoms with Crippen LogP contribution in [0.5, 0.6) is 0 Å². The maximum Gasteiger partial charge on any atom is 0.182 e. The Morgan fingerprint density at radius 1 is 1.20 bits per heavy atom. The van der Waals surface area contributed by atoms with Crippen molar-refractivity contribution in [3.8, 4) is 17.1 Å². The molecule has 4 aromatic rings. The summed E-state index contributed by atoms with van der Waals surface area (Å²) in [5, 5.41) is 5.96. The molecule has 1 N–H and O–H groups in total. The molecule has 0 fully saturated rings. The molecule has 0 spiro atoms. The summed E-state index contributed by atoms with van der Waals surface area (Å²) in [6, 6.07) is 9.61. The lowest BCUT2D eigenvalue weighted by atomic mass is 10.1. The number of halogens is 2. The van der Waals surface area contributed by atoms with E-state index in [2.05, 4.69) is 40.5 Å². The van der Waals surface area contributed by atoms with Gasteiger partial charge in [0.2, 0.25) is 0 Å². The van der Waals surface area contributed by atoms with Gasteiger partial charge in [0.05, 0.1) is 22.4 Å². The number of rotatable bonds is 3. The van der Waals surface area contributed by atoms with Crippen molar-refractivity contribution in [2.24, 2.45) is 0 Å². The lowest BCUT2D eigenvalue weighted by Gasteiger charge is -2.11. The van der Waals surface area contributed by atoms with E-state index < -0.39 is 0 Å². The molecule has 0 bridgehead atoms. The van der Waals surface area contributed by atoms with Crippen LogP contribution in [0.3, 0.4) is 0 Å². The number of nitrogens with one attached hydrogen (secondary N) is 1. The van der Waals surface area contributed by atoms with Gasteiger partial charge in [0, 0.05) is 39.5 Å². The van der Waals surface area contributed by atoms with Gasteiger partial charge in [-0.1, -0.05) is 17.7 Å². The van der Waals surface area contributed by atoms with E-state index in [9.17, 15) is 0 Å². The monoisotopic (exact) mass is 414 g/mol. The third kappa shape index (κ3) is 2.96. The van der Waals surface area contributed by atoms with Crippen LogP contribution in [-0.2, 0) is 0 Å². The molecular formula is C17H12BrClN6. The zero-order valence-electron chi connectivity index (χ0n) is 13.1. The Balaban J connectivity index is 1.96. The zero-order chi connectivity index (χ0) is 17.4. The van der Waals surface area contributed by atoms with Crippen LogP contribution in [0.4, 0.5) is 5.82 Å². The minimum atomic E-state index is 0.570. The molecule has 0 aliphatic carbocycles. The maximum absolute atomic E-state index is 6.42. The van der Waals surface area contributed by atoms with Crippen molar-refractivity contribution in [2.75, 3.05) is 4.34 Å². The van der Waals surface area contributed by atoms with E-state index in [0.717, 1.165) is 22.2 Å². The minimum Gasteiger partial charge on any atom is -0.306 e. The summed E-state index contributed by atoms with van der Waals surface area (Å²) in [6.07, 6.45) is 5.22. The second kappa shape index (κ2) is 6.42. The standard InChI is InChI=1S/C17H12BrClN6/c1-10-4-6-25(24-10)17-16(21-9-14(22-17)23-18)12-7-11-3-2-5-20-15(11)13(19)8-12/h2-9H,1H3,(H,22,23). The van der Waals surface area contributed by atoms with Gasteiger partial charge in [-0.25, -0.2) is 14.6 Å². The molecule has 0 atom stereocenters. The summed E-state index contributed by atoms with van der Waals surface area (Å²) in [6.45, 7) is 1.93. The fourth-order valence-corrected chi connectivity index (χ4v) is 3.07. The van der Waals surface area contributed by atoms with Gasteiger partial charge < -0.3 is 4.34 Å². The van der Waals surface area contributed by atoms with Gasteiger partial charge in [-0.2, -0.15) is 5.10 Å². The number of hydrogen-bond donors (Lipinski definition) is 1. The van der Waals surface area contributed by atoms with Gasteiger partial charge in [-0.3, -0.25) is 4.98 Å². The normalized spacial score (nSPS) is 11.0. The minimum absolute atomic E-state index is 0.570. The topological polar surface area (TPSA) is 68.5 Å². The highest BCUT2D eigenvalue weighted by atomic mass is 79.9. The van der Waals surface area contributed by atoms with Crippen LogP contribution >= 0.6 is 27.7 Å². The smallest absolute Gasteiger partial charge is 0.182 e. The Labute approximate surface area is 157 Å². The molecule has 3 aromatic heterocycles. The summed E-state index contributed by atoms with van der Waals surface area (Å²) >= 11 is 9.60. The third-order valence-electron chi connectivity index (χ3n) is 3.72. The number of aryl methyl sites for hydroxylation is 1. The van der Waals surface area contributed by atoms with Gasteiger partial charge in [-0.05, 0) is 31.2 Å². The van der Waals surface area contributed by atoms with Crippen LogP contribution < -0.4 is 4.34 Å². The van der Waals surface area contributed by atoms with E-state index in [-0.39, 0.29) is 0 Å². The van der Waals surface area contributed by atoms with Crippen molar-refractivity contribution in [3.63, 3.8) is 0 Å². The lowest BCUT2D eigenvalue weighted by Crippen LogP contribution is -2.05. The van der Waals surface area contributed by atoms with E-state index >= 15 is 0 Å². The number of fused-ring (bicyclic) bond motifs is 1. The molecule has 124 valence electrons. The van der Waals surface area contributed by atoms with Gasteiger partial charge in [0.25, 0.3) is 0 Å². The predicted molar refractivity (Wildman–Crippen MR) is 102 cm³/mol. The second-order valence-corrected chi connectivity index (χ2v) is 6.26. The second-order valence-electron chi connectivity index (χ2n) is 5.46. The number of anilines is 1.